The molecule has 0 amide bonds. The number of hydrogen-bond acceptors (Lipinski definition) is 4. The Morgan fingerprint density at radius 1 is 0.958 bits per heavy atom. The third kappa shape index (κ3) is 3.97. The molecule has 0 radical (unpaired) electrons. The van der Waals surface area contributed by atoms with E-state index in [0.29, 0.717) is 6.61 Å². The van der Waals surface area contributed by atoms with E-state index >= 15 is 0 Å². The number of nitrogens with zero attached hydrogens (tertiary/aromatic N) is 3. The van der Waals surface area contributed by atoms with Crippen LogP contribution < -0.4 is 4.74 Å². The topological polar surface area (TPSA) is 39.9 Å². The standard InChI is InChI=1S/C19H21N3OS/c1-14-6-4-8-17(12-14)22-16(3)20-21-19(22)24-11-10-23-18-9-5-7-15(2)13-18/h4-9,12-13H,10-11H2,1-3H3. The van der Waals surface area contributed by atoms with Crippen molar-refractivity contribution in [3.8, 4) is 11.4 Å². The van der Waals surface area contributed by atoms with E-state index < -0.39 is 0 Å². The Hall–Kier alpha value is -2.27. The molecule has 4 nitrogen and oxygen atoms in total. The number of hydrogen-bond donors (Lipinski definition) is 0. The van der Waals surface area contributed by atoms with Crippen LogP contribution in [0.4, 0.5) is 0 Å². The van der Waals surface area contributed by atoms with E-state index in [0.717, 1.165) is 28.2 Å². The van der Waals surface area contributed by atoms with Crippen molar-refractivity contribution in [1.82, 2.24) is 14.8 Å². The molecule has 0 saturated carbocycles. The van der Waals surface area contributed by atoms with E-state index in [4.69, 9.17) is 4.74 Å². The van der Waals surface area contributed by atoms with Gasteiger partial charge in [-0.05, 0) is 56.2 Å². The number of aromatic nitrogens is 3. The lowest BCUT2D eigenvalue weighted by molar-refractivity contribution is 0.343. The third-order valence-corrected chi connectivity index (χ3v) is 4.52. The van der Waals surface area contributed by atoms with Crippen LogP contribution in [0, 0.1) is 20.8 Å². The SMILES string of the molecule is Cc1cccc(OCCSc2nnc(C)n2-c2cccc(C)c2)c1. The zero-order chi connectivity index (χ0) is 16.9. The highest BCUT2D eigenvalue weighted by atomic mass is 32.2. The summed E-state index contributed by atoms with van der Waals surface area (Å²) in [6.07, 6.45) is 0. The molecular formula is C19H21N3OS. The monoisotopic (exact) mass is 339 g/mol. The highest BCUT2D eigenvalue weighted by Gasteiger charge is 2.11. The lowest BCUT2D eigenvalue weighted by atomic mass is 10.2. The molecule has 0 unspecified atom stereocenters. The summed E-state index contributed by atoms with van der Waals surface area (Å²) in [7, 11) is 0. The van der Waals surface area contributed by atoms with Crippen molar-refractivity contribution in [2.45, 2.75) is 25.9 Å². The summed E-state index contributed by atoms with van der Waals surface area (Å²) in [6.45, 7) is 6.76. The first-order valence-electron chi connectivity index (χ1n) is 7.95. The van der Waals surface area contributed by atoms with Crippen LogP contribution in [0.3, 0.4) is 0 Å². The quantitative estimate of drug-likeness (QED) is 0.494. The van der Waals surface area contributed by atoms with Crippen molar-refractivity contribution < 1.29 is 4.74 Å². The van der Waals surface area contributed by atoms with E-state index in [-0.39, 0.29) is 0 Å². The van der Waals surface area contributed by atoms with E-state index in [1.54, 1.807) is 11.8 Å². The van der Waals surface area contributed by atoms with Gasteiger partial charge in [0, 0.05) is 11.4 Å². The van der Waals surface area contributed by atoms with E-state index in [2.05, 4.69) is 58.9 Å². The van der Waals surface area contributed by atoms with Gasteiger partial charge in [0.15, 0.2) is 5.16 Å². The van der Waals surface area contributed by atoms with Crippen LogP contribution in [-0.4, -0.2) is 27.1 Å². The summed E-state index contributed by atoms with van der Waals surface area (Å²) in [5.41, 5.74) is 3.52. The second-order valence-electron chi connectivity index (χ2n) is 5.72. The Kier molecular flexibility index (Phi) is 5.20. The van der Waals surface area contributed by atoms with Crippen molar-refractivity contribution in [2.75, 3.05) is 12.4 Å². The minimum Gasteiger partial charge on any atom is -0.493 e. The van der Waals surface area contributed by atoms with E-state index in [1.165, 1.54) is 11.1 Å². The first kappa shape index (κ1) is 16.6. The Balaban J connectivity index is 1.64. The third-order valence-electron chi connectivity index (χ3n) is 3.63. The highest BCUT2D eigenvalue weighted by Crippen LogP contribution is 2.22. The smallest absolute Gasteiger partial charge is 0.195 e. The van der Waals surface area contributed by atoms with Gasteiger partial charge in [0.2, 0.25) is 0 Å². The maximum absolute atomic E-state index is 5.80. The van der Waals surface area contributed by atoms with E-state index in [9.17, 15) is 0 Å². The summed E-state index contributed by atoms with van der Waals surface area (Å²) < 4.78 is 7.89. The molecule has 0 saturated heterocycles. The average Bonchev–Trinajstić information content (AvgIpc) is 2.92. The molecule has 1 heterocycles. The lowest BCUT2D eigenvalue weighted by Gasteiger charge is -2.10. The summed E-state index contributed by atoms with van der Waals surface area (Å²) >= 11 is 1.66. The largest absolute Gasteiger partial charge is 0.493 e. The van der Waals surface area contributed by atoms with Gasteiger partial charge in [0.1, 0.15) is 11.6 Å². The Bertz CT molecular complexity index is 829. The highest BCUT2D eigenvalue weighted by molar-refractivity contribution is 7.99. The molecule has 24 heavy (non-hydrogen) atoms. The number of aryl methyl sites for hydroxylation is 3. The molecule has 0 aliphatic heterocycles. The van der Waals surface area contributed by atoms with Crippen molar-refractivity contribution in [3.05, 3.63) is 65.5 Å². The van der Waals surface area contributed by atoms with Gasteiger partial charge in [-0.15, -0.1) is 10.2 Å². The normalized spacial score (nSPS) is 10.8. The number of benzene rings is 2. The van der Waals surface area contributed by atoms with Crippen LogP contribution in [0.2, 0.25) is 0 Å². The number of thioether (sulfide) groups is 1. The van der Waals surface area contributed by atoms with Crippen molar-refractivity contribution in [3.63, 3.8) is 0 Å². The van der Waals surface area contributed by atoms with E-state index in [1.807, 2.05) is 25.1 Å². The van der Waals surface area contributed by atoms with Gasteiger partial charge in [-0.1, -0.05) is 36.0 Å². The van der Waals surface area contributed by atoms with Crippen molar-refractivity contribution >= 4 is 11.8 Å². The average molecular weight is 339 g/mol. The zero-order valence-electron chi connectivity index (χ0n) is 14.2. The van der Waals surface area contributed by atoms with Gasteiger partial charge in [-0.3, -0.25) is 4.57 Å². The summed E-state index contributed by atoms with van der Waals surface area (Å²) in [4.78, 5) is 0. The summed E-state index contributed by atoms with van der Waals surface area (Å²) in [5, 5.41) is 9.42. The molecule has 0 fully saturated rings. The zero-order valence-corrected chi connectivity index (χ0v) is 15.0. The Morgan fingerprint density at radius 3 is 2.46 bits per heavy atom. The summed E-state index contributed by atoms with van der Waals surface area (Å²) in [6, 6.07) is 16.5. The van der Waals surface area contributed by atoms with Gasteiger partial charge in [-0.2, -0.15) is 0 Å². The second-order valence-corrected chi connectivity index (χ2v) is 6.78. The molecule has 0 bridgehead atoms. The van der Waals surface area contributed by atoms with Crippen molar-refractivity contribution in [2.24, 2.45) is 0 Å². The molecular weight excluding hydrogens is 318 g/mol. The van der Waals surface area contributed by atoms with Gasteiger partial charge in [0.25, 0.3) is 0 Å². The molecule has 1 aromatic heterocycles. The van der Waals surface area contributed by atoms with Crippen LogP contribution in [-0.2, 0) is 0 Å². The fourth-order valence-corrected chi connectivity index (χ4v) is 3.31. The molecule has 2 aromatic carbocycles. The maximum atomic E-state index is 5.80. The molecule has 0 spiro atoms. The van der Waals surface area contributed by atoms with Crippen molar-refractivity contribution in [1.29, 1.82) is 0 Å². The van der Waals surface area contributed by atoms with Gasteiger partial charge in [-0.25, -0.2) is 0 Å². The molecule has 124 valence electrons. The van der Waals surface area contributed by atoms with Gasteiger partial charge >= 0.3 is 0 Å². The molecule has 0 N–H and O–H groups in total. The first-order valence-corrected chi connectivity index (χ1v) is 8.93. The fraction of sp³-hybridized carbons (Fsp3) is 0.263. The predicted octanol–water partition coefficient (Wildman–Crippen LogP) is 4.36. The Morgan fingerprint density at radius 2 is 1.71 bits per heavy atom. The predicted molar refractivity (Wildman–Crippen MR) is 98.2 cm³/mol. The minimum atomic E-state index is 0.633. The second kappa shape index (κ2) is 7.53. The minimum absolute atomic E-state index is 0.633. The summed E-state index contributed by atoms with van der Waals surface area (Å²) in [5.74, 6) is 2.62. The molecule has 3 rings (SSSR count). The first-order chi connectivity index (χ1) is 11.6. The Labute approximate surface area is 146 Å². The van der Waals surface area contributed by atoms with Crippen LogP contribution in [0.15, 0.2) is 53.7 Å². The van der Waals surface area contributed by atoms with Crippen LogP contribution in [0.25, 0.3) is 5.69 Å². The molecule has 0 aliphatic carbocycles. The maximum Gasteiger partial charge on any atom is 0.195 e. The van der Waals surface area contributed by atoms with Gasteiger partial charge in [0.05, 0.1) is 6.61 Å². The van der Waals surface area contributed by atoms with Crippen LogP contribution >= 0.6 is 11.8 Å². The van der Waals surface area contributed by atoms with Crippen LogP contribution in [0.5, 0.6) is 5.75 Å². The van der Waals surface area contributed by atoms with Gasteiger partial charge < -0.3 is 4.74 Å². The number of ether oxygens (including phenoxy) is 1. The van der Waals surface area contributed by atoms with Crippen LogP contribution in [0.1, 0.15) is 17.0 Å². The molecule has 0 aliphatic rings. The molecule has 3 aromatic rings. The fourth-order valence-electron chi connectivity index (χ4n) is 2.50. The number of rotatable bonds is 6. The lowest BCUT2D eigenvalue weighted by Crippen LogP contribution is -2.03. The molecule has 0 atom stereocenters. The molecule has 5 heteroatoms.